The average Bonchev–Trinajstić information content (AvgIpc) is 2.15. The highest BCUT2D eigenvalue weighted by atomic mass is 32.1. The first-order chi connectivity index (χ1) is 6.82. The van der Waals surface area contributed by atoms with Crippen molar-refractivity contribution in [3.63, 3.8) is 0 Å². The van der Waals surface area contributed by atoms with Crippen molar-refractivity contribution in [2.75, 3.05) is 14.1 Å². The minimum Gasteiger partial charge on any atom is -0.294 e. The van der Waals surface area contributed by atoms with E-state index >= 15 is 0 Å². The molecule has 0 bridgehead atoms. The third-order valence-corrected chi connectivity index (χ3v) is 3.32. The summed E-state index contributed by atoms with van der Waals surface area (Å²) in [6.07, 6.45) is 0. The summed E-state index contributed by atoms with van der Waals surface area (Å²) in [7, 11) is 4.07. The van der Waals surface area contributed by atoms with E-state index in [4.69, 9.17) is 0 Å². The zero-order valence-corrected chi connectivity index (χ0v) is 11.2. The average molecular weight is 223 g/mol. The quantitative estimate of drug-likeness (QED) is 0.593. The van der Waals surface area contributed by atoms with Crippen LogP contribution in [0.25, 0.3) is 0 Å². The van der Waals surface area contributed by atoms with Gasteiger partial charge in [-0.15, -0.1) is 0 Å². The smallest absolute Gasteiger partial charge is 0.0779 e. The topological polar surface area (TPSA) is 3.24 Å². The third-order valence-electron chi connectivity index (χ3n) is 2.56. The van der Waals surface area contributed by atoms with Gasteiger partial charge in [0.1, 0.15) is 0 Å². The largest absolute Gasteiger partial charge is 0.294 e. The lowest BCUT2D eigenvalue weighted by Gasteiger charge is -2.22. The fraction of sp³-hybridized carbons (Fsp3) is 0.538. The molecule has 1 nitrogen and oxygen atoms in total. The van der Waals surface area contributed by atoms with E-state index in [0.717, 1.165) is 0 Å². The second kappa shape index (κ2) is 4.58. The van der Waals surface area contributed by atoms with E-state index in [1.165, 1.54) is 11.1 Å². The van der Waals surface area contributed by atoms with Gasteiger partial charge in [-0.25, -0.2) is 0 Å². The Morgan fingerprint density at radius 3 is 1.87 bits per heavy atom. The molecule has 0 aliphatic carbocycles. The van der Waals surface area contributed by atoms with Gasteiger partial charge in [0.25, 0.3) is 0 Å². The summed E-state index contributed by atoms with van der Waals surface area (Å²) >= 11 is 4.55. The highest BCUT2D eigenvalue weighted by Gasteiger charge is 2.14. The molecule has 1 unspecified atom stereocenters. The number of hydrogen-bond acceptors (Lipinski definition) is 2. The Hall–Kier alpha value is -0.470. The van der Waals surface area contributed by atoms with Crippen LogP contribution in [-0.2, 0) is 5.41 Å². The van der Waals surface area contributed by atoms with Crippen molar-refractivity contribution in [3.05, 3.63) is 35.4 Å². The maximum absolute atomic E-state index is 4.55. The zero-order valence-electron chi connectivity index (χ0n) is 10.3. The molecule has 84 valence electrons. The first-order valence-electron chi connectivity index (χ1n) is 5.27. The van der Waals surface area contributed by atoms with E-state index < -0.39 is 0 Å². The summed E-state index contributed by atoms with van der Waals surface area (Å²) in [6, 6.07) is 8.72. The highest BCUT2D eigenvalue weighted by Crippen LogP contribution is 2.26. The molecule has 0 saturated heterocycles. The molecule has 15 heavy (non-hydrogen) atoms. The van der Waals surface area contributed by atoms with Crippen LogP contribution < -0.4 is 0 Å². The van der Waals surface area contributed by atoms with Crippen LogP contribution in [0.3, 0.4) is 0 Å². The Bertz CT molecular complexity index is 308. The number of thiol groups is 1. The number of hydrogen-bond donors (Lipinski definition) is 1. The van der Waals surface area contributed by atoms with Gasteiger partial charge in [-0.3, -0.25) is 4.90 Å². The van der Waals surface area contributed by atoms with E-state index in [2.05, 4.69) is 62.6 Å². The van der Waals surface area contributed by atoms with Gasteiger partial charge in [-0.1, -0.05) is 45.0 Å². The Balaban J connectivity index is 2.91. The Kier molecular flexibility index (Phi) is 3.85. The summed E-state index contributed by atoms with van der Waals surface area (Å²) in [6.45, 7) is 6.68. The second-order valence-corrected chi connectivity index (χ2v) is 5.70. The third kappa shape index (κ3) is 3.25. The molecule has 0 spiro atoms. The fourth-order valence-corrected chi connectivity index (χ4v) is 1.63. The molecule has 0 radical (unpaired) electrons. The lowest BCUT2D eigenvalue weighted by Crippen LogP contribution is -2.15. The van der Waals surface area contributed by atoms with Crippen LogP contribution in [0, 0.1) is 0 Å². The van der Waals surface area contributed by atoms with Crippen molar-refractivity contribution < 1.29 is 0 Å². The molecule has 1 aromatic rings. The van der Waals surface area contributed by atoms with Gasteiger partial charge in [-0.05, 0) is 30.6 Å². The lowest BCUT2D eigenvalue weighted by atomic mass is 9.87. The fourth-order valence-electron chi connectivity index (χ4n) is 1.45. The van der Waals surface area contributed by atoms with E-state index in [0.29, 0.717) is 0 Å². The molecular formula is C13H21NS. The van der Waals surface area contributed by atoms with Crippen molar-refractivity contribution in [1.29, 1.82) is 0 Å². The van der Waals surface area contributed by atoms with Crippen LogP contribution in [-0.4, -0.2) is 19.0 Å². The summed E-state index contributed by atoms with van der Waals surface area (Å²) in [5.74, 6) is 0. The first-order valence-corrected chi connectivity index (χ1v) is 5.79. The molecule has 0 saturated carbocycles. The van der Waals surface area contributed by atoms with Crippen LogP contribution in [0.1, 0.15) is 37.3 Å². The van der Waals surface area contributed by atoms with Crippen molar-refractivity contribution in [1.82, 2.24) is 4.90 Å². The van der Waals surface area contributed by atoms with Gasteiger partial charge in [-0.2, -0.15) is 12.6 Å². The van der Waals surface area contributed by atoms with Gasteiger partial charge < -0.3 is 0 Å². The predicted molar refractivity (Wildman–Crippen MR) is 70.6 cm³/mol. The number of nitrogens with zero attached hydrogens (tertiary/aromatic N) is 1. The maximum atomic E-state index is 4.55. The van der Waals surface area contributed by atoms with Crippen LogP contribution >= 0.6 is 12.6 Å². The molecule has 0 heterocycles. The molecule has 0 amide bonds. The SMILES string of the molecule is CN(C)C(S)c1ccc(C(C)(C)C)cc1. The van der Waals surface area contributed by atoms with Crippen molar-refractivity contribution in [3.8, 4) is 0 Å². The molecule has 0 N–H and O–H groups in total. The highest BCUT2D eigenvalue weighted by molar-refractivity contribution is 7.80. The number of rotatable bonds is 2. The van der Waals surface area contributed by atoms with Gasteiger partial charge in [0.05, 0.1) is 5.37 Å². The molecule has 0 fully saturated rings. The van der Waals surface area contributed by atoms with Crippen LogP contribution in [0.15, 0.2) is 24.3 Å². The lowest BCUT2D eigenvalue weighted by molar-refractivity contribution is 0.393. The summed E-state index contributed by atoms with van der Waals surface area (Å²) < 4.78 is 0. The monoisotopic (exact) mass is 223 g/mol. The standard InChI is InChI=1S/C13H21NS/c1-13(2,3)11-8-6-10(7-9-11)12(15)14(4)5/h6-9,12,15H,1-5H3. The van der Waals surface area contributed by atoms with E-state index in [1.807, 2.05) is 14.1 Å². The molecular weight excluding hydrogens is 202 g/mol. The molecule has 1 aromatic carbocycles. The Morgan fingerprint density at radius 2 is 1.53 bits per heavy atom. The second-order valence-electron chi connectivity index (χ2n) is 5.21. The van der Waals surface area contributed by atoms with Crippen molar-refractivity contribution in [2.24, 2.45) is 0 Å². The van der Waals surface area contributed by atoms with Crippen LogP contribution in [0.5, 0.6) is 0 Å². The summed E-state index contributed by atoms with van der Waals surface area (Å²) in [4.78, 5) is 2.09. The molecule has 0 aromatic heterocycles. The van der Waals surface area contributed by atoms with Crippen LogP contribution in [0.2, 0.25) is 0 Å². The minimum absolute atomic E-state index is 0.180. The van der Waals surface area contributed by atoms with E-state index in [9.17, 15) is 0 Å². The van der Waals surface area contributed by atoms with Gasteiger partial charge >= 0.3 is 0 Å². The zero-order chi connectivity index (χ0) is 11.6. The first kappa shape index (κ1) is 12.6. The normalized spacial score (nSPS) is 14.3. The van der Waals surface area contributed by atoms with Crippen LogP contribution in [0.4, 0.5) is 0 Å². The van der Waals surface area contributed by atoms with Crippen molar-refractivity contribution in [2.45, 2.75) is 31.6 Å². The maximum Gasteiger partial charge on any atom is 0.0779 e. The Labute approximate surface area is 98.9 Å². The molecule has 1 atom stereocenters. The van der Waals surface area contributed by atoms with E-state index in [1.54, 1.807) is 0 Å². The summed E-state index contributed by atoms with van der Waals surface area (Å²) in [5, 5.41) is 0.180. The van der Waals surface area contributed by atoms with E-state index in [-0.39, 0.29) is 10.8 Å². The predicted octanol–water partition coefficient (Wildman–Crippen LogP) is 3.47. The molecule has 1 rings (SSSR count). The Morgan fingerprint density at radius 1 is 1.07 bits per heavy atom. The van der Waals surface area contributed by atoms with Gasteiger partial charge in [0.15, 0.2) is 0 Å². The van der Waals surface area contributed by atoms with Gasteiger partial charge in [0, 0.05) is 0 Å². The minimum atomic E-state index is 0.180. The number of benzene rings is 1. The van der Waals surface area contributed by atoms with Gasteiger partial charge in [0.2, 0.25) is 0 Å². The molecule has 0 aliphatic rings. The molecule has 2 heteroatoms. The van der Waals surface area contributed by atoms with Crippen molar-refractivity contribution >= 4 is 12.6 Å². The molecule has 0 aliphatic heterocycles. The summed E-state index contributed by atoms with van der Waals surface area (Å²) in [5.41, 5.74) is 2.84.